The van der Waals surface area contributed by atoms with Gasteiger partial charge in [-0.05, 0) is 42.9 Å². The summed E-state index contributed by atoms with van der Waals surface area (Å²) >= 11 is 0. The molecule has 0 aromatic carbocycles. The van der Waals surface area contributed by atoms with Crippen LogP contribution in [-0.2, 0) is 19.1 Å². The minimum Gasteiger partial charge on any atom is -0.393 e. The summed E-state index contributed by atoms with van der Waals surface area (Å²) in [6, 6.07) is 0. The Morgan fingerprint density at radius 3 is 2.53 bits per heavy atom. The Hall–Kier alpha value is -1.45. The second kappa shape index (κ2) is 3.56. The van der Waals surface area contributed by atoms with Crippen molar-refractivity contribution < 1.29 is 19.1 Å². The van der Waals surface area contributed by atoms with Crippen molar-refractivity contribution in [2.75, 3.05) is 0 Å². The van der Waals surface area contributed by atoms with Gasteiger partial charge in [0.2, 0.25) is 0 Å². The molecule has 4 nitrogen and oxygen atoms in total. The Bertz CT molecular complexity index is 520. The van der Waals surface area contributed by atoms with E-state index in [4.69, 9.17) is 4.74 Å². The first kappa shape index (κ1) is 11.4. The minimum absolute atomic E-state index is 0.108. The van der Waals surface area contributed by atoms with E-state index in [9.17, 15) is 14.4 Å². The Morgan fingerprint density at radius 2 is 1.84 bits per heavy atom. The van der Waals surface area contributed by atoms with Crippen LogP contribution in [0.25, 0.3) is 0 Å². The Kier molecular flexibility index (Phi) is 2.13. The van der Waals surface area contributed by atoms with E-state index in [1.54, 1.807) is 6.92 Å². The molecule has 19 heavy (non-hydrogen) atoms. The van der Waals surface area contributed by atoms with Gasteiger partial charge in [-0.15, -0.1) is 0 Å². The van der Waals surface area contributed by atoms with E-state index in [-0.39, 0.29) is 41.4 Å². The van der Waals surface area contributed by atoms with Crippen molar-refractivity contribution in [2.24, 2.45) is 41.4 Å². The highest BCUT2D eigenvalue weighted by Gasteiger charge is 2.65. The lowest BCUT2D eigenvalue weighted by molar-refractivity contribution is -0.154. The molecule has 100 valence electrons. The topological polar surface area (TPSA) is 60.4 Å². The maximum Gasteiger partial charge on any atom is 0.318 e. The molecule has 0 radical (unpaired) electrons. The smallest absolute Gasteiger partial charge is 0.318 e. The van der Waals surface area contributed by atoms with Crippen LogP contribution < -0.4 is 0 Å². The van der Waals surface area contributed by atoms with E-state index in [1.807, 2.05) is 0 Å². The Morgan fingerprint density at radius 1 is 1.21 bits per heavy atom. The van der Waals surface area contributed by atoms with Gasteiger partial charge >= 0.3 is 11.9 Å². The van der Waals surface area contributed by atoms with Gasteiger partial charge in [-0.25, -0.2) is 0 Å². The van der Waals surface area contributed by atoms with E-state index < -0.39 is 0 Å². The SMILES string of the molecule is CC(=O)C[C@@H]1C[C@H]2[C@@H]3C=C[C@H]([C@H]4C(=O)OC(=O)[C@H]34)[C@H]12. The molecule has 1 aliphatic heterocycles. The number of hydrogen-bond acceptors (Lipinski definition) is 4. The van der Waals surface area contributed by atoms with Gasteiger partial charge in [-0.3, -0.25) is 9.59 Å². The quantitative estimate of drug-likeness (QED) is 0.427. The van der Waals surface area contributed by atoms with Gasteiger partial charge in [0.1, 0.15) is 5.78 Å². The molecule has 0 unspecified atom stereocenters. The summed E-state index contributed by atoms with van der Waals surface area (Å²) in [6.07, 6.45) is 5.83. The first-order valence-corrected chi connectivity index (χ1v) is 7.01. The summed E-state index contributed by atoms with van der Waals surface area (Å²) in [5, 5.41) is 0. The van der Waals surface area contributed by atoms with E-state index in [1.165, 1.54) is 0 Å². The number of carbonyl (C=O) groups excluding carboxylic acids is 3. The van der Waals surface area contributed by atoms with Crippen molar-refractivity contribution in [2.45, 2.75) is 19.8 Å². The van der Waals surface area contributed by atoms with E-state index in [0.717, 1.165) is 6.42 Å². The number of hydrogen-bond donors (Lipinski definition) is 0. The Balaban J connectivity index is 1.67. The van der Waals surface area contributed by atoms with Gasteiger partial charge in [-0.1, -0.05) is 12.2 Å². The molecule has 0 amide bonds. The van der Waals surface area contributed by atoms with Gasteiger partial charge in [0.05, 0.1) is 11.8 Å². The first-order chi connectivity index (χ1) is 9.08. The molecule has 4 aliphatic carbocycles. The normalized spacial score (nSPS) is 49.4. The van der Waals surface area contributed by atoms with Crippen molar-refractivity contribution in [3.05, 3.63) is 12.2 Å². The maximum absolute atomic E-state index is 11.9. The Labute approximate surface area is 111 Å². The molecule has 2 saturated carbocycles. The molecule has 0 aromatic heterocycles. The third kappa shape index (κ3) is 1.32. The number of rotatable bonds is 2. The van der Waals surface area contributed by atoms with Crippen LogP contribution in [0.1, 0.15) is 19.8 Å². The molecular formula is C15H16O4. The van der Waals surface area contributed by atoms with Crippen LogP contribution in [-0.4, -0.2) is 17.7 Å². The van der Waals surface area contributed by atoms with Crippen molar-refractivity contribution in [1.82, 2.24) is 0 Å². The average molecular weight is 260 g/mol. The number of esters is 2. The fourth-order valence-corrected chi connectivity index (χ4v) is 5.01. The minimum atomic E-state index is -0.346. The third-order valence-corrected chi connectivity index (χ3v) is 5.62. The molecule has 3 fully saturated rings. The molecule has 5 rings (SSSR count). The molecule has 1 heterocycles. The number of ether oxygens (including phenoxy) is 1. The zero-order valence-corrected chi connectivity index (χ0v) is 10.7. The largest absolute Gasteiger partial charge is 0.393 e. The third-order valence-electron chi connectivity index (χ3n) is 5.62. The van der Waals surface area contributed by atoms with Crippen LogP contribution in [0, 0.1) is 41.4 Å². The lowest BCUT2D eigenvalue weighted by Gasteiger charge is -2.59. The van der Waals surface area contributed by atoms with E-state index in [0.29, 0.717) is 24.2 Å². The van der Waals surface area contributed by atoms with Crippen LogP contribution in [0.15, 0.2) is 12.2 Å². The standard InChI is InChI=1S/C15H16O4/c1-6(16)4-7-5-10-8-2-3-9(11(7)10)13-12(8)14(17)19-15(13)18/h2-3,7-13H,4-5H2,1H3/t7-,8+,9+,10+,11+,12-,13-/m1/s1. The maximum atomic E-state index is 11.9. The molecule has 5 aliphatic rings. The molecule has 2 bridgehead atoms. The molecule has 7 atom stereocenters. The van der Waals surface area contributed by atoms with Crippen LogP contribution in [0.3, 0.4) is 0 Å². The predicted octanol–water partition coefficient (Wildman–Crippen LogP) is 1.35. The van der Waals surface area contributed by atoms with E-state index >= 15 is 0 Å². The van der Waals surface area contributed by atoms with Crippen LogP contribution in [0.2, 0.25) is 0 Å². The number of ketones is 1. The van der Waals surface area contributed by atoms with Crippen LogP contribution in [0.5, 0.6) is 0 Å². The highest BCUT2D eigenvalue weighted by atomic mass is 16.6. The molecule has 1 saturated heterocycles. The molecule has 0 aromatic rings. The predicted molar refractivity (Wildman–Crippen MR) is 64.6 cm³/mol. The number of cyclic esters (lactones) is 2. The zero-order chi connectivity index (χ0) is 13.3. The fourth-order valence-electron chi connectivity index (χ4n) is 5.01. The summed E-state index contributed by atoms with van der Waals surface area (Å²) in [5.41, 5.74) is 0. The molecule has 4 heteroatoms. The summed E-state index contributed by atoms with van der Waals surface area (Å²) in [5.74, 6) is 0.543. The van der Waals surface area contributed by atoms with Gasteiger partial charge in [0, 0.05) is 6.42 Å². The number of carbonyl (C=O) groups is 3. The lowest BCUT2D eigenvalue weighted by atomic mass is 9.43. The van der Waals surface area contributed by atoms with Crippen LogP contribution in [0.4, 0.5) is 0 Å². The number of Topliss-reactive ketones (excluding diaryl/α,β-unsaturated/α-hetero) is 1. The lowest BCUT2D eigenvalue weighted by Crippen LogP contribution is -2.57. The van der Waals surface area contributed by atoms with Crippen molar-refractivity contribution in [3.63, 3.8) is 0 Å². The van der Waals surface area contributed by atoms with Crippen molar-refractivity contribution in [1.29, 1.82) is 0 Å². The second-order valence-electron chi connectivity index (χ2n) is 6.47. The molecule has 0 spiro atoms. The van der Waals surface area contributed by atoms with Crippen molar-refractivity contribution >= 4 is 17.7 Å². The first-order valence-electron chi connectivity index (χ1n) is 7.01. The summed E-state index contributed by atoms with van der Waals surface area (Å²) in [7, 11) is 0. The highest BCUT2D eigenvalue weighted by Crippen LogP contribution is 2.64. The van der Waals surface area contributed by atoms with Crippen molar-refractivity contribution in [3.8, 4) is 0 Å². The summed E-state index contributed by atoms with van der Waals surface area (Å²) in [6.45, 7) is 1.63. The monoisotopic (exact) mass is 260 g/mol. The van der Waals surface area contributed by atoms with E-state index in [2.05, 4.69) is 12.2 Å². The summed E-state index contributed by atoms with van der Waals surface area (Å²) < 4.78 is 4.85. The average Bonchev–Trinajstić information content (AvgIpc) is 2.63. The van der Waals surface area contributed by atoms with Gasteiger partial charge in [0.15, 0.2) is 0 Å². The zero-order valence-electron chi connectivity index (χ0n) is 10.7. The fraction of sp³-hybridized carbons (Fsp3) is 0.667. The molecular weight excluding hydrogens is 244 g/mol. The van der Waals surface area contributed by atoms with Gasteiger partial charge in [-0.2, -0.15) is 0 Å². The number of allylic oxidation sites excluding steroid dienone is 2. The van der Waals surface area contributed by atoms with Gasteiger partial charge in [0.25, 0.3) is 0 Å². The van der Waals surface area contributed by atoms with Crippen LogP contribution >= 0.6 is 0 Å². The summed E-state index contributed by atoms with van der Waals surface area (Å²) in [4.78, 5) is 35.0. The molecule has 0 N–H and O–H groups in total. The second-order valence-corrected chi connectivity index (χ2v) is 6.47. The van der Waals surface area contributed by atoms with Gasteiger partial charge < -0.3 is 9.53 Å². The highest BCUT2D eigenvalue weighted by molar-refractivity contribution is 5.97.